The topological polar surface area (TPSA) is 49.3 Å². The van der Waals surface area contributed by atoms with Crippen molar-refractivity contribution in [3.63, 3.8) is 0 Å². The highest BCUT2D eigenvalue weighted by molar-refractivity contribution is 5.76. The van der Waals surface area contributed by atoms with E-state index in [4.69, 9.17) is 5.11 Å². The van der Waals surface area contributed by atoms with Crippen molar-refractivity contribution in [3.05, 3.63) is 0 Å². The molecule has 1 fully saturated rings. The first-order valence-corrected chi connectivity index (χ1v) is 6.13. The number of nitrogens with one attached hydrogen (secondary N) is 1. The van der Waals surface area contributed by atoms with Crippen molar-refractivity contribution >= 4 is 5.91 Å². The van der Waals surface area contributed by atoms with Gasteiger partial charge in [-0.05, 0) is 38.5 Å². The van der Waals surface area contributed by atoms with Crippen molar-refractivity contribution in [2.24, 2.45) is 5.92 Å². The van der Waals surface area contributed by atoms with E-state index in [0.29, 0.717) is 18.9 Å². The summed E-state index contributed by atoms with van der Waals surface area (Å²) >= 11 is 0. The Labute approximate surface area is 92.3 Å². The van der Waals surface area contributed by atoms with E-state index < -0.39 is 0 Å². The largest absolute Gasteiger partial charge is 0.393 e. The van der Waals surface area contributed by atoms with Gasteiger partial charge in [0.05, 0.1) is 6.10 Å². The second-order valence-electron chi connectivity index (χ2n) is 4.70. The Hall–Kier alpha value is -0.570. The summed E-state index contributed by atoms with van der Waals surface area (Å²) in [7, 11) is 0. The number of carbonyl (C=O) groups is 1. The fraction of sp³-hybridized carbons (Fsp3) is 0.917. The van der Waals surface area contributed by atoms with E-state index >= 15 is 0 Å². The summed E-state index contributed by atoms with van der Waals surface area (Å²) in [4.78, 5) is 11.5. The van der Waals surface area contributed by atoms with Gasteiger partial charge >= 0.3 is 0 Å². The van der Waals surface area contributed by atoms with Crippen molar-refractivity contribution < 1.29 is 9.90 Å². The second-order valence-corrected chi connectivity index (χ2v) is 4.70. The van der Waals surface area contributed by atoms with Gasteiger partial charge in [0.15, 0.2) is 0 Å². The summed E-state index contributed by atoms with van der Waals surface area (Å²) in [6, 6.07) is 0. The molecule has 1 saturated carbocycles. The van der Waals surface area contributed by atoms with Crippen molar-refractivity contribution in [2.75, 3.05) is 6.54 Å². The third kappa shape index (κ3) is 5.78. The molecule has 0 aromatic carbocycles. The van der Waals surface area contributed by atoms with Crippen LogP contribution in [0.4, 0.5) is 0 Å². The monoisotopic (exact) mass is 213 g/mol. The molecule has 2 N–H and O–H groups in total. The third-order valence-electron chi connectivity index (χ3n) is 3.07. The molecular formula is C12H23NO2. The lowest BCUT2D eigenvalue weighted by Crippen LogP contribution is -2.26. The van der Waals surface area contributed by atoms with Gasteiger partial charge in [-0.3, -0.25) is 4.79 Å². The van der Waals surface area contributed by atoms with Gasteiger partial charge in [0.2, 0.25) is 5.91 Å². The smallest absolute Gasteiger partial charge is 0.220 e. The molecule has 1 aliphatic carbocycles. The van der Waals surface area contributed by atoms with Gasteiger partial charge in [0.1, 0.15) is 0 Å². The summed E-state index contributed by atoms with van der Waals surface area (Å²) in [5.41, 5.74) is 0. The Bertz CT molecular complexity index is 186. The van der Waals surface area contributed by atoms with Crippen molar-refractivity contribution in [3.8, 4) is 0 Å². The van der Waals surface area contributed by atoms with Gasteiger partial charge < -0.3 is 10.4 Å². The molecule has 1 unspecified atom stereocenters. The number of hydrogen-bond donors (Lipinski definition) is 2. The quantitative estimate of drug-likeness (QED) is 0.661. The molecule has 1 aliphatic rings. The van der Waals surface area contributed by atoms with Crippen molar-refractivity contribution in [2.45, 2.75) is 58.0 Å². The molecular weight excluding hydrogens is 190 g/mol. The highest BCUT2D eigenvalue weighted by Crippen LogP contribution is 2.27. The zero-order chi connectivity index (χ0) is 11.1. The van der Waals surface area contributed by atoms with E-state index in [9.17, 15) is 4.79 Å². The van der Waals surface area contributed by atoms with Gasteiger partial charge in [-0.2, -0.15) is 0 Å². The first kappa shape index (κ1) is 12.5. The highest BCUT2D eigenvalue weighted by Gasteiger charge is 2.17. The maximum absolute atomic E-state index is 11.5. The molecule has 1 atom stereocenters. The van der Waals surface area contributed by atoms with Crippen LogP contribution in [0.5, 0.6) is 0 Å². The molecule has 88 valence electrons. The Kier molecular flexibility index (Phi) is 5.69. The van der Waals surface area contributed by atoms with E-state index in [0.717, 1.165) is 12.8 Å². The number of aliphatic hydroxyl groups excluding tert-OH is 1. The molecule has 3 heteroatoms. The molecule has 0 spiro atoms. The lowest BCUT2D eigenvalue weighted by atomic mass is 10.0. The molecule has 0 saturated heterocycles. The van der Waals surface area contributed by atoms with Crippen LogP contribution in [0.15, 0.2) is 0 Å². The molecule has 0 aliphatic heterocycles. The molecule has 1 rings (SSSR count). The Morgan fingerprint density at radius 1 is 1.47 bits per heavy atom. The molecule has 3 nitrogen and oxygen atoms in total. The molecule has 0 aromatic rings. The molecule has 1 amide bonds. The Balaban J connectivity index is 1.98. The zero-order valence-electron chi connectivity index (χ0n) is 9.67. The first-order valence-electron chi connectivity index (χ1n) is 6.13. The fourth-order valence-corrected chi connectivity index (χ4v) is 2.17. The third-order valence-corrected chi connectivity index (χ3v) is 3.07. The number of hydrogen-bond acceptors (Lipinski definition) is 2. The van der Waals surface area contributed by atoms with Crippen LogP contribution in [0.3, 0.4) is 0 Å². The summed E-state index contributed by atoms with van der Waals surface area (Å²) in [6.45, 7) is 2.48. The van der Waals surface area contributed by atoms with Crippen LogP contribution in [0.2, 0.25) is 0 Å². The predicted molar refractivity (Wildman–Crippen MR) is 60.5 cm³/mol. The number of amides is 1. The average molecular weight is 213 g/mol. The minimum atomic E-state index is -0.253. The van der Waals surface area contributed by atoms with E-state index in [2.05, 4.69) is 5.32 Å². The second kappa shape index (κ2) is 6.83. The van der Waals surface area contributed by atoms with Gasteiger partial charge in [0.25, 0.3) is 0 Å². The normalized spacial score (nSPS) is 19.1. The summed E-state index contributed by atoms with van der Waals surface area (Å²) in [5.74, 6) is 0.814. The minimum absolute atomic E-state index is 0.187. The van der Waals surface area contributed by atoms with Gasteiger partial charge in [-0.25, -0.2) is 0 Å². The maximum atomic E-state index is 11.5. The Morgan fingerprint density at radius 2 is 2.13 bits per heavy atom. The van der Waals surface area contributed by atoms with Gasteiger partial charge in [0, 0.05) is 13.0 Å². The number of rotatable bonds is 6. The standard InChI is InChI=1S/C12H23NO2/c1-10(14)5-4-8-13-12(15)9-11-6-2-3-7-11/h10-11,14H,2-9H2,1H3,(H,13,15). The zero-order valence-corrected chi connectivity index (χ0v) is 9.67. The van der Waals surface area contributed by atoms with Crippen LogP contribution in [-0.4, -0.2) is 23.7 Å². The lowest BCUT2D eigenvalue weighted by molar-refractivity contribution is -0.122. The highest BCUT2D eigenvalue weighted by atomic mass is 16.3. The predicted octanol–water partition coefficient (Wildman–Crippen LogP) is 1.84. The van der Waals surface area contributed by atoms with E-state index in [1.165, 1.54) is 25.7 Å². The molecule has 0 heterocycles. The van der Waals surface area contributed by atoms with Crippen molar-refractivity contribution in [1.29, 1.82) is 0 Å². The van der Waals surface area contributed by atoms with E-state index in [1.54, 1.807) is 6.92 Å². The fourth-order valence-electron chi connectivity index (χ4n) is 2.17. The SMILES string of the molecule is CC(O)CCCNC(=O)CC1CCCC1. The van der Waals surface area contributed by atoms with E-state index in [1.807, 2.05) is 0 Å². The summed E-state index contributed by atoms with van der Waals surface area (Å²) in [6.07, 6.45) is 7.12. The van der Waals surface area contributed by atoms with Crippen LogP contribution in [0.25, 0.3) is 0 Å². The molecule has 0 aromatic heterocycles. The summed E-state index contributed by atoms with van der Waals surface area (Å²) < 4.78 is 0. The van der Waals surface area contributed by atoms with Gasteiger partial charge in [-0.1, -0.05) is 12.8 Å². The average Bonchev–Trinajstić information content (AvgIpc) is 2.64. The van der Waals surface area contributed by atoms with Crippen LogP contribution in [-0.2, 0) is 4.79 Å². The van der Waals surface area contributed by atoms with Crippen LogP contribution < -0.4 is 5.32 Å². The lowest BCUT2D eigenvalue weighted by Gasteiger charge is -2.09. The number of carbonyl (C=O) groups excluding carboxylic acids is 1. The summed E-state index contributed by atoms with van der Waals surface area (Å²) in [5, 5.41) is 11.9. The molecule has 15 heavy (non-hydrogen) atoms. The molecule has 0 radical (unpaired) electrons. The van der Waals surface area contributed by atoms with Crippen LogP contribution in [0, 0.1) is 5.92 Å². The van der Waals surface area contributed by atoms with Crippen LogP contribution >= 0.6 is 0 Å². The minimum Gasteiger partial charge on any atom is -0.393 e. The molecule has 0 bridgehead atoms. The van der Waals surface area contributed by atoms with Crippen molar-refractivity contribution in [1.82, 2.24) is 5.32 Å². The van der Waals surface area contributed by atoms with E-state index in [-0.39, 0.29) is 12.0 Å². The first-order chi connectivity index (χ1) is 7.18. The number of aliphatic hydroxyl groups is 1. The van der Waals surface area contributed by atoms with Crippen LogP contribution in [0.1, 0.15) is 51.9 Å². The maximum Gasteiger partial charge on any atom is 0.220 e. The Morgan fingerprint density at radius 3 is 2.73 bits per heavy atom. The van der Waals surface area contributed by atoms with Gasteiger partial charge in [-0.15, -0.1) is 0 Å².